The van der Waals surface area contributed by atoms with E-state index in [4.69, 9.17) is 16.3 Å². The number of amides is 1. The van der Waals surface area contributed by atoms with Crippen LogP contribution in [0.5, 0.6) is 6.01 Å². The van der Waals surface area contributed by atoms with Gasteiger partial charge in [-0.05, 0) is 13.8 Å². The summed E-state index contributed by atoms with van der Waals surface area (Å²) in [5.74, 6) is 5.25. The third kappa shape index (κ3) is 4.78. The van der Waals surface area contributed by atoms with Gasteiger partial charge in [0.25, 0.3) is 0 Å². The minimum Gasteiger partial charge on any atom is -0.461 e. The molecular weight excluding hydrogens is 238 g/mol. The van der Waals surface area contributed by atoms with Gasteiger partial charge in [-0.1, -0.05) is 0 Å². The molecule has 9 nitrogen and oxygen atoms in total. The third-order valence-corrected chi connectivity index (χ3v) is 1.74. The summed E-state index contributed by atoms with van der Waals surface area (Å²) in [6.45, 7) is 4.02. The number of primary amides is 1. The molecule has 1 amide bonds. The van der Waals surface area contributed by atoms with Crippen molar-refractivity contribution < 1.29 is 9.53 Å². The molecule has 0 aliphatic rings. The highest BCUT2D eigenvalue weighted by Crippen LogP contribution is 2.11. The highest BCUT2D eigenvalue weighted by molar-refractivity contribution is 5.74. The first kappa shape index (κ1) is 13.9. The highest BCUT2D eigenvalue weighted by atomic mass is 16.5. The van der Waals surface area contributed by atoms with E-state index in [1.54, 1.807) is 0 Å². The number of anilines is 2. The Bertz CT molecular complexity index is 410. The molecule has 0 aromatic carbocycles. The van der Waals surface area contributed by atoms with Gasteiger partial charge in [-0.3, -0.25) is 10.2 Å². The van der Waals surface area contributed by atoms with Crippen molar-refractivity contribution in [2.75, 3.05) is 17.3 Å². The van der Waals surface area contributed by atoms with Crippen LogP contribution in [0.25, 0.3) is 0 Å². The van der Waals surface area contributed by atoms with E-state index < -0.39 is 5.91 Å². The highest BCUT2D eigenvalue weighted by Gasteiger charge is 2.08. The van der Waals surface area contributed by atoms with Crippen LogP contribution in [-0.2, 0) is 4.79 Å². The fraction of sp³-hybridized carbons (Fsp3) is 0.556. The minimum absolute atomic E-state index is 0.0727. The van der Waals surface area contributed by atoms with Gasteiger partial charge < -0.3 is 15.8 Å². The largest absolute Gasteiger partial charge is 0.461 e. The Morgan fingerprint density at radius 3 is 2.56 bits per heavy atom. The molecule has 0 spiro atoms. The van der Waals surface area contributed by atoms with Crippen LogP contribution in [0.3, 0.4) is 0 Å². The summed E-state index contributed by atoms with van der Waals surface area (Å²) < 4.78 is 5.34. The van der Waals surface area contributed by atoms with Crippen molar-refractivity contribution in [2.45, 2.75) is 26.4 Å². The fourth-order valence-corrected chi connectivity index (χ4v) is 1.06. The Balaban J connectivity index is 2.73. The summed E-state index contributed by atoms with van der Waals surface area (Å²) in [5, 5.41) is 2.83. The molecule has 0 atom stereocenters. The molecule has 0 saturated carbocycles. The van der Waals surface area contributed by atoms with Crippen LogP contribution in [0.15, 0.2) is 0 Å². The summed E-state index contributed by atoms with van der Waals surface area (Å²) in [4.78, 5) is 22.5. The number of nitrogens with one attached hydrogen (secondary N) is 2. The van der Waals surface area contributed by atoms with Crippen LogP contribution in [0.2, 0.25) is 0 Å². The number of hydrogen-bond donors (Lipinski definition) is 4. The van der Waals surface area contributed by atoms with Crippen molar-refractivity contribution >= 4 is 17.8 Å². The van der Waals surface area contributed by atoms with Crippen molar-refractivity contribution in [3.63, 3.8) is 0 Å². The smallest absolute Gasteiger partial charge is 0.323 e. The third-order valence-electron chi connectivity index (χ3n) is 1.74. The number of ether oxygens (including phenoxy) is 1. The number of rotatable bonds is 7. The molecule has 1 rings (SSSR count). The van der Waals surface area contributed by atoms with E-state index >= 15 is 0 Å². The fourth-order valence-electron chi connectivity index (χ4n) is 1.06. The number of carbonyl (C=O) groups excluding carboxylic acids is 1. The Morgan fingerprint density at radius 1 is 1.33 bits per heavy atom. The molecule has 0 aliphatic heterocycles. The minimum atomic E-state index is -0.410. The SMILES string of the molecule is CC(C)Oc1nc(NN)nc(NCCC(N)=O)n1. The second kappa shape index (κ2) is 6.55. The molecule has 0 bridgehead atoms. The van der Waals surface area contributed by atoms with Crippen molar-refractivity contribution in [3.05, 3.63) is 0 Å². The Labute approximate surface area is 104 Å². The molecule has 9 heteroatoms. The molecule has 100 valence electrons. The summed E-state index contributed by atoms with van der Waals surface area (Å²) in [6.07, 6.45) is 0.105. The second-order valence-corrected chi connectivity index (χ2v) is 3.72. The number of nitrogens with two attached hydrogens (primary N) is 2. The van der Waals surface area contributed by atoms with Crippen molar-refractivity contribution in [2.24, 2.45) is 11.6 Å². The summed E-state index contributed by atoms with van der Waals surface area (Å²) in [7, 11) is 0. The second-order valence-electron chi connectivity index (χ2n) is 3.72. The summed E-state index contributed by atoms with van der Waals surface area (Å²) in [6, 6.07) is 0.148. The van der Waals surface area contributed by atoms with Crippen molar-refractivity contribution in [1.29, 1.82) is 0 Å². The molecule has 18 heavy (non-hydrogen) atoms. The van der Waals surface area contributed by atoms with Gasteiger partial charge in [0.2, 0.25) is 17.8 Å². The molecule has 1 aromatic heterocycles. The Morgan fingerprint density at radius 2 is 2.00 bits per heavy atom. The lowest BCUT2D eigenvalue weighted by Crippen LogP contribution is -2.19. The first-order valence-electron chi connectivity index (χ1n) is 5.42. The van der Waals surface area contributed by atoms with E-state index in [1.807, 2.05) is 13.8 Å². The molecule has 0 aliphatic carbocycles. The lowest BCUT2D eigenvalue weighted by atomic mass is 10.4. The molecule has 1 aromatic rings. The molecule has 0 saturated heterocycles. The van der Waals surface area contributed by atoms with Gasteiger partial charge in [-0.25, -0.2) is 5.84 Å². The Hall–Kier alpha value is -2.16. The summed E-state index contributed by atoms with van der Waals surface area (Å²) in [5.41, 5.74) is 7.33. The lowest BCUT2D eigenvalue weighted by Gasteiger charge is -2.10. The lowest BCUT2D eigenvalue weighted by molar-refractivity contribution is -0.117. The average molecular weight is 255 g/mol. The van der Waals surface area contributed by atoms with Crippen LogP contribution in [-0.4, -0.2) is 33.5 Å². The normalized spacial score (nSPS) is 10.2. The maximum atomic E-state index is 10.6. The van der Waals surface area contributed by atoms with Gasteiger partial charge in [0, 0.05) is 13.0 Å². The van der Waals surface area contributed by atoms with E-state index in [2.05, 4.69) is 25.7 Å². The number of nitrogens with zero attached hydrogens (tertiary/aromatic N) is 3. The number of hydrazine groups is 1. The van der Waals surface area contributed by atoms with Gasteiger partial charge in [-0.2, -0.15) is 15.0 Å². The van der Waals surface area contributed by atoms with Gasteiger partial charge in [0.1, 0.15) is 0 Å². The zero-order chi connectivity index (χ0) is 13.5. The molecule has 1 heterocycles. The molecular formula is C9H17N7O2. The summed E-state index contributed by atoms with van der Waals surface area (Å²) >= 11 is 0. The maximum absolute atomic E-state index is 10.6. The van der Waals surface area contributed by atoms with E-state index in [0.29, 0.717) is 6.54 Å². The van der Waals surface area contributed by atoms with Crippen LogP contribution in [0.4, 0.5) is 11.9 Å². The van der Waals surface area contributed by atoms with Crippen LogP contribution in [0, 0.1) is 0 Å². The molecule has 6 N–H and O–H groups in total. The zero-order valence-corrected chi connectivity index (χ0v) is 10.3. The number of nitrogen functional groups attached to an aromatic ring is 1. The van der Waals surface area contributed by atoms with Gasteiger partial charge in [0.15, 0.2) is 0 Å². The molecule has 0 radical (unpaired) electrons. The number of hydrogen-bond acceptors (Lipinski definition) is 8. The molecule has 0 unspecified atom stereocenters. The van der Waals surface area contributed by atoms with Gasteiger partial charge in [-0.15, -0.1) is 0 Å². The monoisotopic (exact) mass is 255 g/mol. The van der Waals surface area contributed by atoms with Crippen LogP contribution >= 0.6 is 0 Å². The standard InChI is InChI=1S/C9H17N7O2/c1-5(2)18-9-14-7(12-4-3-6(10)17)13-8(15-9)16-11/h5H,3-4,11H2,1-2H3,(H2,10,17)(H2,12,13,14,15,16). The van der Waals surface area contributed by atoms with Gasteiger partial charge in [0.05, 0.1) is 6.10 Å². The Kier molecular flexibility index (Phi) is 5.06. The van der Waals surface area contributed by atoms with E-state index in [-0.39, 0.29) is 30.4 Å². The predicted octanol–water partition coefficient (Wildman–Crippen LogP) is -0.768. The van der Waals surface area contributed by atoms with E-state index in [1.165, 1.54) is 0 Å². The van der Waals surface area contributed by atoms with Crippen molar-refractivity contribution in [3.8, 4) is 6.01 Å². The topological polar surface area (TPSA) is 141 Å². The quantitative estimate of drug-likeness (QED) is 0.367. The first-order chi connectivity index (χ1) is 8.51. The molecule has 0 fully saturated rings. The number of aromatic nitrogens is 3. The number of carbonyl (C=O) groups is 1. The predicted molar refractivity (Wildman–Crippen MR) is 65.7 cm³/mol. The van der Waals surface area contributed by atoms with E-state index in [9.17, 15) is 4.79 Å². The van der Waals surface area contributed by atoms with E-state index in [0.717, 1.165) is 0 Å². The maximum Gasteiger partial charge on any atom is 0.323 e. The zero-order valence-electron chi connectivity index (χ0n) is 10.3. The van der Waals surface area contributed by atoms with Gasteiger partial charge >= 0.3 is 6.01 Å². The van der Waals surface area contributed by atoms with Crippen LogP contribution < -0.4 is 27.1 Å². The first-order valence-corrected chi connectivity index (χ1v) is 5.42. The van der Waals surface area contributed by atoms with Crippen molar-refractivity contribution in [1.82, 2.24) is 15.0 Å². The van der Waals surface area contributed by atoms with Crippen LogP contribution in [0.1, 0.15) is 20.3 Å². The average Bonchev–Trinajstić information content (AvgIpc) is 2.27.